The fourth-order valence-corrected chi connectivity index (χ4v) is 2.19. The quantitative estimate of drug-likeness (QED) is 0.759. The number of fused-ring (bicyclic) bond motifs is 1. The molecule has 3 rings (SSSR count). The van der Waals surface area contributed by atoms with Crippen molar-refractivity contribution >= 4 is 17.0 Å². The summed E-state index contributed by atoms with van der Waals surface area (Å²) in [5.41, 5.74) is 8.20. The van der Waals surface area contributed by atoms with Gasteiger partial charge < -0.3 is 14.9 Å². The van der Waals surface area contributed by atoms with Gasteiger partial charge in [-0.15, -0.1) is 10.2 Å². The molecule has 20 heavy (non-hydrogen) atoms. The zero-order chi connectivity index (χ0) is 14.1. The standard InChI is InChI=1S/C13H13N7/c1-19-8-16-18-12(19)4-5-20-11-6-9(7-14)2-3-10(11)17-13(20)15/h2-3,6,8H,4-5H2,1H3,(H2,15,17). The van der Waals surface area contributed by atoms with Crippen molar-refractivity contribution in [3.63, 3.8) is 0 Å². The van der Waals surface area contributed by atoms with Gasteiger partial charge in [0.15, 0.2) is 0 Å². The fraction of sp³-hybridized carbons (Fsp3) is 0.231. The molecule has 2 heterocycles. The van der Waals surface area contributed by atoms with Crippen molar-refractivity contribution in [3.05, 3.63) is 35.9 Å². The Bertz CT molecular complexity index is 806. The van der Waals surface area contributed by atoms with Crippen LogP contribution >= 0.6 is 0 Å². The van der Waals surface area contributed by atoms with Crippen LogP contribution in [0.15, 0.2) is 24.5 Å². The number of nitrogen functional groups attached to an aromatic ring is 1. The molecule has 0 saturated carbocycles. The van der Waals surface area contributed by atoms with Crippen molar-refractivity contribution in [1.82, 2.24) is 24.3 Å². The topological polar surface area (TPSA) is 98.3 Å². The Morgan fingerprint density at radius 3 is 2.95 bits per heavy atom. The van der Waals surface area contributed by atoms with Gasteiger partial charge in [-0.1, -0.05) is 0 Å². The average Bonchev–Trinajstić information content (AvgIpc) is 2.99. The Labute approximate surface area is 115 Å². The number of hydrogen-bond donors (Lipinski definition) is 1. The first kappa shape index (κ1) is 12.2. The molecule has 2 N–H and O–H groups in total. The smallest absolute Gasteiger partial charge is 0.201 e. The van der Waals surface area contributed by atoms with Crippen LogP contribution in [0, 0.1) is 11.3 Å². The number of rotatable bonds is 3. The second-order valence-electron chi connectivity index (χ2n) is 4.55. The van der Waals surface area contributed by atoms with Crippen LogP contribution in [0.1, 0.15) is 11.4 Å². The van der Waals surface area contributed by atoms with Gasteiger partial charge >= 0.3 is 0 Å². The van der Waals surface area contributed by atoms with Gasteiger partial charge in [-0.2, -0.15) is 5.26 Å². The number of nitrogens with two attached hydrogens (primary N) is 1. The Hall–Kier alpha value is -2.88. The first-order valence-electron chi connectivity index (χ1n) is 6.18. The van der Waals surface area contributed by atoms with Crippen LogP contribution in [0.25, 0.3) is 11.0 Å². The highest BCUT2D eigenvalue weighted by Crippen LogP contribution is 2.19. The highest BCUT2D eigenvalue weighted by Gasteiger charge is 2.10. The fourth-order valence-electron chi connectivity index (χ4n) is 2.19. The summed E-state index contributed by atoms with van der Waals surface area (Å²) in [4.78, 5) is 4.30. The predicted octanol–water partition coefficient (Wildman–Crippen LogP) is 0.861. The zero-order valence-corrected chi connectivity index (χ0v) is 11.0. The molecule has 2 aromatic heterocycles. The molecule has 0 spiro atoms. The number of aryl methyl sites for hydroxylation is 3. The van der Waals surface area contributed by atoms with E-state index in [0.717, 1.165) is 16.9 Å². The first-order valence-corrected chi connectivity index (χ1v) is 6.18. The third-order valence-corrected chi connectivity index (χ3v) is 3.27. The monoisotopic (exact) mass is 267 g/mol. The Morgan fingerprint density at radius 2 is 2.25 bits per heavy atom. The van der Waals surface area contributed by atoms with Crippen LogP contribution < -0.4 is 5.73 Å². The molecule has 1 aromatic carbocycles. The number of nitriles is 1. The van der Waals surface area contributed by atoms with Crippen LogP contribution in [0.2, 0.25) is 0 Å². The summed E-state index contributed by atoms with van der Waals surface area (Å²) in [5, 5.41) is 16.9. The van der Waals surface area contributed by atoms with Crippen molar-refractivity contribution in [2.45, 2.75) is 13.0 Å². The van der Waals surface area contributed by atoms with Gasteiger partial charge in [-0.05, 0) is 18.2 Å². The molecule has 3 aromatic rings. The molecule has 0 radical (unpaired) electrons. The molecule has 0 aliphatic rings. The molecular formula is C13H13N7. The lowest BCUT2D eigenvalue weighted by atomic mass is 10.2. The first-order chi connectivity index (χ1) is 9.69. The number of aromatic nitrogens is 5. The second kappa shape index (κ2) is 4.66. The third-order valence-electron chi connectivity index (χ3n) is 3.27. The maximum atomic E-state index is 8.98. The van der Waals surface area contributed by atoms with E-state index in [2.05, 4.69) is 21.3 Å². The van der Waals surface area contributed by atoms with Gasteiger partial charge in [0.1, 0.15) is 12.2 Å². The minimum Gasteiger partial charge on any atom is -0.369 e. The van der Waals surface area contributed by atoms with E-state index in [1.807, 2.05) is 22.2 Å². The molecule has 0 fully saturated rings. The molecule has 0 unspecified atom stereocenters. The molecule has 0 atom stereocenters. The van der Waals surface area contributed by atoms with Gasteiger partial charge in [-0.3, -0.25) is 0 Å². The van der Waals surface area contributed by atoms with E-state index in [1.54, 1.807) is 18.5 Å². The van der Waals surface area contributed by atoms with Crippen LogP contribution in [0.3, 0.4) is 0 Å². The highest BCUT2D eigenvalue weighted by molar-refractivity contribution is 5.79. The summed E-state index contributed by atoms with van der Waals surface area (Å²) in [6.45, 7) is 0.643. The Kier molecular flexibility index (Phi) is 2.84. The Morgan fingerprint density at radius 1 is 1.40 bits per heavy atom. The van der Waals surface area contributed by atoms with Crippen molar-refractivity contribution in [3.8, 4) is 6.07 Å². The van der Waals surface area contributed by atoms with E-state index < -0.39 is 0 Å². The van der Waals surface area contributed by atoms with Crippen molar-refractivity contribution in [1.29, 1.82) is 5.26 Å². The largest absolute Gasteiger partial charge is 0.369 e. The SMILES string of the molecule is Cn1cnnc1CCn1c(N)nc2ccc(C#N)cc21. The Balaban J connectivity index is 1.96. The van der Waals surface area contributed by atoms with Gasteiger partial charge in [0.2, 0.25) is 5.95 Å². The number of hydrogen-bond acceptors (Lipinski definition) is 5. The lowest BCUT2D eigenvalue weighted by Gasteiger charge is -2.06. The molecule has 0 aliphatic heterocycles. The maximum Gasteiger partial charge on any atom is 0.201 e. The molecule has 7 nitrogen and oxygen atoms in total. The summed E-state index contributed by atoms with van der Waals surface area (Å²) in [6.07, 6.45) is 2.36. The molecule has 0 amide bonds. The van der Waals surface area contributed by atoms with E-state index in [-0.39, 0.29) is 0 Å². The molecule has 100 valence electrons. The third kappa shape index (κ3) is 1.97. The highest BCUT2D eigenvalue weighted by atomic mass is 15.2. The van der Waals surface area contributed by atoms with Gasteiger partial charge in [0.25, 0.3) is 0 Å². The summed E-state index contributed by atoms with van der Waals surface area (Å²) in [6, 6.07) is 7.47. The van der Waals surface area contributed by atoms with Crippen LogP contribution in [-0.2, 0) is 20.0 Å². The summed E-state index contributed by atoms with van der Waals surface area (Å²) < 4.78 is 3.76. The van der Waals surface area contributed by atoms with Crippen LogP contribution in [0.5, 0.6) is 0 Å². The summed E-state index contributed by atoms with van der Waals surface area (Å²) in [5.74, 6) is 1.32. The maximum absolute atomic E-state index is 8.98. The van der Waals surface area contributed by atoms with Crippen molar-refractivity contribution < 1.29 is 0 Å². The molecule has 0 saturated heterocycles. The van der Waals surface area contributed by atoms with Crippen LogP contribution in [0.4, 0.5) is 5.95 Å². The summed E-state index contributed by atoms with van der Waals surface area (Å²) in [7, 11) is 1.90. The predicted molar refractivity (Wildman–Crippen MR) is 73.6 cm³/mol. The molecular weight excluding hydrogens is 254 g/mol. The molecule has 7 heteroatoms. The number of imidazole rings is 1. The lowest BCUT2D eigenvalue weighted by Crippen LogP contribution is -2.08. The van der Waals surface area contributed by atoms with Gasteiger partial charge in [-0.25, -0.2) is 4.98 Å². The minimum atomic E-state index is 0.442. The van der Waals surface area contributed by atoms with Crippen molar-refractivity contribution in [2.75, 3.05) is 5.73 Å². The zero-order valence-electron chi connectivity index (χ0n) is 11.0. The van der Waals surface area contributed by atoms with E-state index in [9.17, 15) is 0 Å². The number of anilines is 1. The molecule has 0 bridgehead atoms. The normalized spacial score (nSPS) is 10.8. The lowest BCUT2D eigenvalue weighted by molar-refractivity contribution is 0.668. The van der Waals surface area contributed by atoms with Gasteiger partial charge in [0, 0.05) is 20.0 Å². The summed E-state index contributed by atoms with van der Waals surface area (Å²) >= 11 is 0. The minimum absolute atomic E-state index is 0.442. The van der Waals surface area contributed by atoms with E-state index in [4.69, 9.17) is 11.0 Å². The van der Waals surface area contributed by atoms with E-state index >= 15 is 0 Å². The van der Waals surface area contributed by atoms with Crippen LogP contribution in [-0.4, -0.2) is 24.3 Å². The molecule has 0 aliphatic carbocycles. The van der Waals surface area contributed by atoms with E-state index in [1.165, 1.54) is 0 Å². The number of benzene rings is 1. The van der Waals surface area contributed by atoms with E-state index in [0.29, 0.717) is 24.5 Å². The van der Waals surface area contributed by atoms with Gasteiger partial charge in [0.05, 0.1) is 22.7 Å². The van der Waals surface area contributed by atoms with Crippen molar-refractivity contribution in [2.24, 2.45) is 7.05 Å². The average molecular weight is 267 g/mol. The number of nitrogens with zero attached hydrogens (tertiary/aromatic N) is 6. The second-order valence-corrected chi connectivity index (χ2v) is 4.55.